The monoisotopic (exact) mass is 427 g/mol. The molecule has 3 aromatic rings. The van der Waals surface area contributed by atoms with Gasteiger partial charge < -0.3 is 10.1 Å². The molecule has 1 N–H and O–H groups in total. The summed E-state index contributed by atoms with van der Waals surface area (Å²) in [4.78, 5) is 26.6. The molecule has 0 spiro atoms. The zero-order valence-corrected chi connectivity index (χ0v) is 17.6. The number of hydrogen-bond acceptors (Lipinski definition) is 7. The maximum atomic E-state index is 12.4. The maximum absolute atomic E-state index is 12.4. The zero-order valence-electron chi connectivity index (χ0n) is 16.0. The Morgan fingerprint density at radius 1 is 1.21 bits per heavy atom. The first kappa shape index (κ1) is 19.7. The van der Waals surface area contributed by atoms with Gasteiger partial charge in [-0.05, 0) is 48.9 Å². The predicted octanol–water partition coefficient (Wildman–Crippen LogP) is 4.72. The van der Waals surface area contributed by atoms with E-state index in [4.69, 9.17) is 4.74 Å². The van der Waals surface area contributed by atoms with Crippen molar-refractivity contribution in [2.24, 2.45) is 5.92 Å². The fraction of sp³-hybridized carbons (Fsp3) is 0.333. The molecule has 0 saturated heterocycles. The number of carbonyl (C=O) groups excluding carboxylic acids is 2. The molecular weight excluding hydrogens is 406 g/mol. The van der Waals surface area contributed by atoms with Crippen molar-refractivity contribution in [1.29, 1.82) is 0 Å². The molecule has 0 fully saturated rings. The first-order chi connectivity index (χ1) is 14.1. The highest BCUT2D eigenvalue weighted by Gasteiger charge is 2.23. The number of benzene rings is 1. The molecule has 6 nitrogen and oxygen atoms in total. The van der Waals surface area contributed by atoms with Gasteiger partial charge in [-0.3, -0.25) is 4.79 Å². The van der Waals surface area contributed by atoms with Crippen LogP contribution in [0.1, 0.15) is 54.7 Å². The average molecular weight is 428 g/mol. The normalized spacial score (nSPS) is 15.6. The van der Waals surface area contributed by atoms with Gasteiger partial charge in [-0.25, -0.2) is 4.79 Å². The van der Waals surface area contributed by atoms with E-state index in [1.807, 2.05) is 24.3 Å². The second kappa shape index (κ2) is 8.84. The van der Waals surface area contributed by atoms with Crippen LogP contribution in [-0.4, -0.2) is 22.1 Å². The number of aryl methyl sites for hydroxylation is 1. The van der Waals surface area contributed by atoms with Crippen molar-refractivity contribution in [3.63, 3.8) is 0 Å². The molecule has 1 aromatic carbocycles. The number of anilines is 1. The van der Waals surface area contributed by atoms with Crippen molar-refractivity contribution in [3.05, 3.63) is 61.7 Å². The van der Waals surface area contributed by atoms with Gasteiger partial charge in [0.2, 0.25) is 5.01 Å². The molecule has 29 heavy (non-hydrogen) atoms. The lowest BCUT2D eigenvalue weighted by atomic mass is 9.87. The Balaban J connectivity index is 1.33. The third-order valence-corrected chi connectivity index (χ3v) is 7.10. The predicted molar refractivity (Wildman–Crippen MR) is 114 cm³/mol. The van der Waals surface area contributed by atoms with Gasteiger partial charge in [0.25, 0.3) is 5.91 Å². The molecule has 0 aliphatic heterocycles. The highest BCUT2D eigenvalue weighted by Crippen LogP contribution is 2.34. The summed E-state index contributed by atoms with van der Waals surface area (Å²) in [6.45, 7) is 2.23. The van der Waals surface area contributed by atoms with E-state index in [1.165, 1.54) is 34.6 Å². The van der Waals surface area contributed by atoms with E-state index in [9.17, 15) is 9.59 Å². The number of para-hydroxylation sites is 1. The van der Waals surface area contributed by atoms with Crippen LogP contribution < -0.4 is 5.32 Å². The Morgan fingerprint density at radius 3 is 2.83 bits per heavy atom. The van der Waals surface area contributed by atoms with Gasteiger partial charge in [-0.2, -0.15) is 0 Å². The minimum atomic E-state index is -0.345. The van der Waals surface area contributed by atoms with Gasteiger partial charge in [0, 0.05) is 10.6 Å². The number of hydrogen-bond donors (Lipinski definition) is 1. The lowest BCUT2D eigenvalue weighted by Crippen LogP contribution is -2.11. The molecule has 0 saturated carbocycles. The third kappa shape index (κ3) is 4.71. The third-order valence-electron chi connectivity index (χ3n) is 4.98. The molecule has 1 aliphatic carbocycles. The van der Waals surface area contributed by atoms with Gasteiger partial charge in [0.15, 0.2) is 5.01 Å². The Labute approximate surface area is 176 Å². The summed E-state index contributed by atoms with van der Waals surface area (Å²) in [7, 11) is 0. The fourth-order valence-corrected chi connectivity index (χ4v) is 5.11. The SMILES string of the molecule is CC[C@@H]1CCc2sc(C(=O)OCc3nnc(C(=O)Nc4ccccc4)s3)cc2C1. The van der Waals surface area contributed by atoms with Crippen molar-refractivity contribution in [3.8, 4) is 0 Å². The Bertz CT molecular complexity index is 1010. The number of nitrogens with one attached hydrogen (secondary N) is 1. The Kier molecular flexibility index (Phi) is 6.01. The van der Waals surface area contributed by atoms with Crippen LogP contribution in [-0.2, 0) is 24.2 Å². The van der Waals surface area contributed by atoms with Crippen molar-refractivity contribution >= 4 is 40.2 Å². The average Bonchev–Trinajstić information content (AvgIpc) is 3.39. The number of thiophene rings is 1. The largest absolute Gasteiger partial charge is 0.454 e. The smallest absolute Gasteiger partial charge is 0.348 e. The van der Waals surface area contributed by atoms with E-state index >= 15 is 0 Å². The lowest BCUT2D eigenvalue weighted by molar-refractivity contribution is 0.0477. The quantitative estimate of drug-likeness (QED) is 0.576. The van der Waals surface area contributed by atoms with Crippen molar-refractivity contribution < 1.29 is 14.3 Å². The van der Waals surface area contributed by atoms with E-state index in [-0.39, 0.29) is 23.5 Å². The van der Waals surface area contributed by atoms with Crippen molar-refractivity contribution in [1.82, 2.24) is 10.2 Å². The number of fused-ring (bicyclic) bond motifs is 1. The van der Waals surface area contributed by atoms with Gasteiger partial charge >= 0.3 is 5.97 Å². The molecule has 1 amide bonds. The maximum Gasteiger partial charge on any atom is 0.348 e. The number of esters is 1. The number of aromatic nitrogens is 2. The minimum Gasteiger partial charge on any atom is -0.454 e. The van der Waals surface area contributed by atoms with Gasteiger partial charge in [0.05, 0.1) is 0 Å². The number of amides is 1. The molecule has 2 heterocycles. The number of rotatable bonds is 6. The van der Waals surface area contributed by atoms with E-state index in [1.54, 1.807) is 12.1 Å². The molecule has 0 bridgehead atoms. The summed E-state index contributed by atoms with van der Waals surface area (Å²) in [6.07, 6.45) is 4.46. The van der Waals surface area contributed by atoms with E-state index in [0.717, 1.165) is 24.2 Å². The Hall–Kier alpha value is -2.58. The van der Waals surface area contributed by atoms with Crippen LogP contribution >= 0.6 is 22.7 Å². The number of ether oxygens (including phenoxy) is 1. The number of carbonyl (C=O) groups is 2. The summed E-state index contributed by atoms with van der Waals surface area (Å²) in [6, 6.07) is 11.1. The highest BCUT2D eigenvalue weighted by molar-refractivity contribution is 7.14. The van der Waals surface area contributed by atoms with E-state index < -0.39 is 0 Å². The van der Waals surface area contributed by atoms with Gasteiger partial charge in [-0.15, -0.1) is 21.5 Å². The van der Waals surface area contributed by atoms with Crippen LogP contribution in [0.2, 0.25) is 0 Å². The van der Waals surface area contributed by atoms with Crippen molar-refractivity contribution in [2.75, 3.05) is 5.32 Å². The molecule has 0 unspecified atom stereocenters. The molecule has 0 radical (unpaired) electrons. The van der Waals surface area contributed by atoms with Gasteiger partial charge in [-0.1, -0.05) is 42.9 Å². The second-order valence-corrected chi connectivity index (χ2v) is 9.17. The highest BCUT2D eigenvalue weighted by atomic mass is 32.1. The standard InChI is InChI=1S/C21H21N3O3S2/c1-2-13-8-9-16-14(10-13)11-17(28-16)21(26)27-12-18-23-24-20(29-18)19(25)22-15-6-4-3-5-7-15/h3-7,11,13H,2,8-10,12H2,1H3,(H,22,25)/t13-/m1/s1. The first-order valence-electron chi connectivity index (χ1n) is 9.60. The van der Waals surface area contributed by atoms with Crippen LogP contribution in [0.5, 0.6) is 0 Å². The lowest BCUT2D eigenvalue weighted by Gasteiger charge is -2.19. The second-order valence-electron chi connectivity index (χ2n) is 6.97. The molecule has 1 aliphatic rings. The zero-order chi connectivity index (χ0) is 20.2. The Morgan fingerprint density at radius 2 is 2.03 bits per heavy atom. The van der Waals surface area contributed by atoms with Crippen molar-refractivity contribution in [2.45, 2.75) is 39.2 Å². The molecular formula is C21H21N3O3S2. The van der Waals surface area contributed by atoms with E-state index in [2.05, 4.69) is 22.4 Å². The molecule has 8 heteroatoms. The van der Waals surface area contributed by atoms with Crippen LogP contribution in [0.3, 0.4) is 0 Å². The summed E-state index contributed by atoms with van der Waals surface area (Å²) in [5, 5.41) is 11.4. The van der Waals surface area contributed by atoms with E-state index in [0.29, 0.717) is 21.5 Å². The first-order valence-corrected chi connectivity index (χ1v) is 11.2. The molecule has 1 atom stereocenters. The van der Waals surface area contributed by atoms with Crippen LogP contribution in [0, 0.1) is 5.92 Å². The molecule has 2 aromatic heterocycles. The van der Waals surface area contributed by atoms with Crippen LogP contribution in [0.4, 0.5) is 5.69 Å². The topological polar surface area (TPSA) is 81.2 Å². The molecule has 4 rings (SSSR count). The van der Waals surface area contributed by atoms with Crippen LogP contribution in [0.25, 0.3) is 0 Å². The van der Waals surface area contributed by atoms with Crippen LogP contribution in [0.15, 0.2) is 36.4 Å². The number of nitrogens with zero attached hydrogens (tertiary/aromatic N) is 2. The summed E-state index contributed by atoms with van der Waals surface area (Å²) < 4.78 is 5.40. The summed E-state index contributed by atoms with van der Waals surface area (Å²) >= 11 is 2.65. The summed E-state index contributed by atoms with van der Waals surface area (Å²) in [5.74, 6) is 0.0356. The molecule has 150 valence electrons. The summed E-state index contributed by atoms with van der Waals surface area (Å²) in [5.41, 5.74) is 1.98. The fourth-order valence-electron chi connectivity index (χ4n) is 3.36. The van der Waals surface area contributed by atoms with Gasteiger partial charge in [0.1, 0.15) is 11.5 Å². The minimum absolute atomic E-state index is 0.00920.